The molecule has 5 nitrogen and oxygen atoms in total. The molecule has 0 bridgehead atoms. The summed E-state index contributed by atoms with van der Waals surface area (Å²) in [6.45, 7) is 2.52. The highest BCUT2D eigenvalue weighted by molar-refractivity contribution is 6.34. The third kappa shape index (κ3) is 3.83. The third-order valence-electron chi connectivity index (χ3n) is 3.52. The van der Waals surface area contributed by atoms with E-state index in [4.69, 9.17) is 25.8 Å². The summed E-state index contributed by atoms with van der Waals surface area (Å²) in [7, 11) is 1.55. The van der Waals surface area contributed by atoms with Crippen LogP contribution in [0.2, 0.25) is 5.02 Å². The summed E-state index contributed by atoms with van der Waals surface area (Å²) in [4.78, 5) is 16.3. The van der Waals surface area contributed by atoms with Crippen LogP contribution in [-0.4, -0.2) is 25.6 Å². The molecule has 0 saturated carbocycles. The Morgan fingerprint density at radius 1 is 1.16 bits per heavy atom. The number of rotatable bonds is 5. The molecule has 0 fully saturated rings. The Balaban J connectivity index is 1.87. The van der Waals surface area contributed by atoms with E-state index in [0.717, 1.165) is 11.3 Å². The second kappa shape index (κ2) is 7.40. The number of ether oxygens (including phenoxy) is 3. The van der Waals surface area contributed by atoms with E-state index in [-0.39, 0.29) is 11.6 Å². The second-order valence-electron chi connectivity index (χ2n) is 5.18. The minimum Gasteiger partial charge on any atom is -0.497 e. The van der Waals surface area contributed by atoms with Crippen molar-refractivity contribution in [3.05, 3.63) is 64.3 Å². The van der Waals surface area contributed by atoms with Crippen molar-refractivity contribution in [1.82, 2.24) is 0 Å². The van der Waals surface area contributed by atoms with Crippen LogP contribution in [0.3, 0.4) is 0 Å². The van der Waals surface area contributed by atoms with E-state index in [0.29, 0.717) is 22.9 Å². The van der Waals surface area contributed by atoms with Crippen molar-refractivity contribution in [2.75, 3.05) is 13.7 Å². The highest BCUT2D eigenvalue weighted by atomic mass is 35.5. The summed E-state index contributed by atoms with van der Waals surface area (Å²) < 4.78 is 15.7. The molecule has 0 radical (unpaired) electrons. The monoisotopic (exact) mass is 357 g/mol. The van der Waals surface area contributed by atoms with Gasteiger partial charge < -0.3 is 14.2 Å². The number of hydrogen-bond acceptors (Lipinski definition) is 5. The number of benzene rings is 2. The fourth-order valence-corrected chi connectivity index (χ4v) is 2.56. The zero-order valence-electron chi connectivity index (χ0n) is 13.8. The number of carbonyl (C=O) groups is 1. The van der Waals surface area contributed by atoms with E-state index >= 15 is 0 Å². The molecule has 128 valence electrons. The largest absolute Gasteiger partial charge is 0.497 e. The van der Waals surface area contributed by atoms with Gasteiger partial charge in [-0.2, -0.15) is 0 Å². The van der Waals surface area contributed by atoms with Gasteiger partial charge in [-0.25, -0.2) is 9.79 Å². The van der Waals surface area contributed by atoms with E-state index in [1.165, 1.54) is 0 Å². The maximum atomic E-state index is 12.1. The van der Waals surface area contributed by atoms with Crippen molar-refractivity contribution >= 4 is 29.5 Å². The number of esters is 1. The predicted octanol–water partition coefficient (Wildman–Crippen LogP) is 4.09. The van der Waals surface area contributed by atoms with Gasteiger partial charge in [-0.3, -0.25) is 0 Å². The average molecular weight is 358 g/mol. The average Bonchev–Trinajstić information content (AvgIpc) is 2.97. The fraction of sp³-hybridized carbons (Fsp3) is 0.158. The van der Waals surface area contributed by atoms with Crippen molar-refractivity contribution < 1.29 is 19.0 Å². The first kappa shape index (κ1) is 17.0. The first-order chi connectivity index (χ1) is 12.1. The second-order valence-corrected chi connectivity index (χ2v) is 5.59. The predicted molar refractivity (Wildman–Crippen MR) is 96.2 cm³/mol. The van der Waals surface area contributed by atoms with E-state index in [1.54, 1.807) is 31.4 Å². The summed E-state index contributed by atoms with van der Waals surface area (Å²) in [5.41, 5.74) is 1.57. The SMILES string of the molecule is CCOc1ccc(C=C2N=C(c3ccc(OC)cc3Cl)OC2=O)cc1. The first-order valence-electron chi connectivity index (χ1n) is 7.70. The molecule has 0 N–H and O–H groups in total. The number of halogens is 1. The van der Waals surface area contributed by atoms with E-state index in [9.17, 15) is 4.79 Å². The summed E-state index contributed by atoms with van der Waals surface area (Å²) in [5, 5.41) is 0.396. The maximum absolute atomic E-state index is 12.1. The third-order valence-corrected chi connectivity index (χ3v) is 3.83. The smallest absolute Gasteiger partial charge is 0.363 e. The van der Waals surface area contributed by atoms with Gasteiger partial charge in [0.1, 0.15) is 11.5 Å². The summed E-state index contributed by atoms with van der Waals surface area (Å²) in [6, 6.07) is 12.4. The summed E-state index contributed by atoms with van der Waals surface area (Å²) in [6.07, 6.45) is 1.66. The standard InChI is InChI=1S/C19H16ClNO4/c1-3-24-13-6-4-12(5-7-13)10-17-19(22)25-18(21-17)15-9-8-14(23-2)11-16(15)20/h4-11H,3H2,1-2H3. The normalized spacial score (nSPS) is 15.1. The van der Waals surface area contributed by atoms with Crippen LogP contribution in [0.15, 0.2) is 53.2 Å². The number of cyclic esters (lactones) is 1. The lowest BCUT2D eigenvalue weighted by molar-refractivity contribution is -0.129. The topological polar surface area (TPSA) is 57.1 Å². The number of methoxy groups -OCH3 is 1. The molecule has 0 aromatic heterocycles. The molecule has 0 spiro atoms. The zero-order chi connectivity index (χ0) is 17.8. The fourth-order valence-electron chi connectivity index (χ4n) is 2.31. The van der Waals surface area contributed by atoms with Crippen molar-refractivity contribution in [3.8, 4) is 11.5 Å². The van der Waals surface area contributed by atoms with Gasteiger partial charge >= 0.3 is 5.97 Å². The van der Waals surface area contributed by atoms with Gasteiger partial charge in [0.15, 0.2) is 5.70 Å². The van der Waals surface area contributed by atoms with Gasteiger partial charge in [-0.1, -0.05) is 23.7 Å². The van der Waals surface area contributed by atoms with Crippen LogP contribution >= 0.6 is 11.6 Å². The Bertz CT molecular complexity index is 856. The molecule has 1 aliphatic heterocycles. The van der Waals surface area contributed by atoms with Crippen molar-refractivity contribution in [1.29, 1.82) is 0 Å². The van der Waals surface area contributed by atoms with Crippen LogP contribution in [0.5, 0.6) is 11.5 Å². The molecule has 6 heteroatoms. The molecule has 0 atom stereocenters. The molecular weight excluding hydrogens is 342 g/mol. The van der Waals surface area contributed by atoms with E-state index < -0.39 is 5.97 Å². The van der Waals surface area contributed by atoms with Crippen LogP contribution in [0, 0.1) is 0 Å². The molecule has 25 heavy (non-hydrogen) atoms. The molecule has 1 aliphatic rings. The van der Waals surface area contributed by atoms with E-state index in [1.807, 2.05) is 31.2 Å². The lowest BCUT2D eigenvalue weighted by Gasteiger charge is -2.05. The van der Waals surface area contributed by atoms with E-state index in [2.05, 4.69) is 4.99 Å². The minimum atomic E-state index is -0.518. The lowest BCUT2D eigenvalue weighted by atomic mass is 10.2. The Hall–Kier alpha value is -2.79. The van der Waals surface area contributed by atoms with Crippen molar-refractivity contribution in [3.63, 3.8) is 0 Å². The minimum absolute atomic E-state index is 0.176. The lowest BCUT2D eigenvalue weighted by Crippen LogP contribution is -2.06. The summed E-state index contributed by atoms with van der Waals surface area (Å²) in [5.74, 6) is 1.04. The van der Waals surface area contributed by atoms with Crippen molar-refractivity contribution in [2.45, 2.75) is 6.92 Å². The van der Waals surface area contributed by atoms with Crippen LogP contribution < -0.4 is 9.47 Å². The van der Waals surface area contributed by atoms with Gasteiger partial charge in [0.2, 0.25) is 5.90 Å². The number of carbonyl (C=O) groups excluding carboxylic acids is 1. The molecule has 1 heterocycles. The Morgan fingerprint density at radius 3 is 2.52 bits per heavy atom. The van der Waals surface area contributed by atoms with Gasteiger partial charge in [0.05, 0.1) is 24.3 Å². The van der Waals surface area contributed by atoms with Crippen LogP contribution in [0.1, 0.15) is 18.1 Å². The molecule has 0 unspecified atom stereocenters. The highest BCUT2D eigenvalue weighted by Crippen LogP contribution is 2.27. The van der Waals surface area contributed by atoms with Crippen LogP contribution in [0.4, 0.5) is 0 Å². The Morgan fingerprint density at radius 2 is 1.88 bits per heavy atom. The highest BCUT2D eigenvalue weighted by Gasteiger charge is 2.25. The molecule has 2 aromatic carbocycles. The zero-order valence-corrected chi connectivity index (χ0v) is 14.5. The Kier molecular flexibility index (Phi) is 5.05. The van der Waals surface area contributed by atoms with Gasteiger partial charge in [0.25, 0.3) is 0 Å². The number of nitrogens with zero attached hydrogens (tertiary/aromatic N) is 1. The molecule has 0 aliphatic carbocycles. The van der Waals surface area contributed by atoms with Crippen LogP contribution in [-0.2, 0) is 9.53 Å². The quantitative estimate of drug-likeness (QED) is 0.597. The Labute approximate surface area is 150 Å². The van der Waals surface area contributed by atoms with Gasteiger partial charge in [0, 0.05) is 0 Å². The molecule has 3 rings (SSSR count). The molecule has 2 aromatic rings. The molecule has 0 amide bonds. The number of hydrogen-bond donors (Lipinski definition) is 0. The van der Waals surface area contributed by atoms with Gasteiger partial charge in [-0.05, 0) is 48.9 Å². The van der Waals surface area contributed by atoms with Crippen LogP contribution in [0.25, 0.3) is 6.08 Å². The maximum Gasteiger partial charge on any atom is 0.363 e. The van der Waals surface area contributed by atoms with Crippen molar-refractivity contribution in [2.24, 2.45) is 4.99 Å². The first-order valence-corrected chi connectivity index (χ1v) is 8.08. The van der Waals surface area contributed by atoms with Gasteiger partial charge in [-0.15, -0.1) is 0 Å². The molecular formula is C19H16ClNO4. The molecule has 0 saturated heterocycles. The number of aliphatic imine (C=N–C) groups is 1. The summed E-state index contributed by atoms with van der Waals surface area (Å²) >= 11 is 6.21.